The number of benzene rings is 6. The molecule has 0 heterocycles. The monoisotopic (exact) mass is 1780 g/mol. The molecule has 0 saturated heterocycles. The third-order valence-corrected chi connectivity index (χ3v) is 19.3. The first-order valence-corrected chi connectivity index (χ1v) is 40.8. The van der Waals surface area contributed by atoms with E-state index in [4.69, 9.17) is 49.7 Å². The van der Waals surface area contributed by atoms with Crippen molar-refractivity contribution in [2.75, 3.05) is 55.2 Å². The Labute approximate surface area is 723 Å². The number of carbonyl (C=O) groups is 18. The van der Waals surface area contributed by atoms with E-state index in [1.54, 1.807) is 57.4 Å². The van der Waals surface area contributed by atoms with Gasteiger partial charge in [-0.1, -0.05) is 108 Å². The van der Waals surface area contributed by atoms with Crippen molar-refractivity contribution >= 4 is 189 Å². The van der Waals surface area contributed by atoms with Gasteiger partial charge in [0.2, 0.25) is 56.7 Å². The topological polar surface area (TPSA) is 521 Å². The Morgan fingerprint density at radius 2 is 0.603 bits per heavy atom. The number of Topliss-reactive ketones (excluding diaryl/α,β-unsaturated/α-hetero) is 1. The van der Waals surface area contributed by atoms with Crippen LogP contribution in [0.15, 0.2) is 146 Å². The predicted molar refractivity (Wildman–Crippen MR) is 457 cm³/mol. The second-order valence-electron chi connectivity index (χ2n) is 25.2. The molecule has 41 heteroatoms. The molecule has 0 bridgehead atoms. The van der Waals surface area contributed by atoms with Crippen molar-refractivity contribution in [3.05, 3.63) is 179 Å². The van der Waals surface area contributed by atoms with Crippen LogP contribution in [0, 0.1) is 10.8 Å². The van der Waals surface area contributed by atoms with Gasteiger partial charge in [-0.25, -0.2) is 33.6 Å². The van der Waals surface area contributed by atoms with Gasteiger partial charge in [-0.2, -0.15) is 37.9 Å². The summed E-state index contributed by atoms with van der Waals surface area (Å²) in [7, 11) is 3.30. The van der Waals surface area contributed by atoms with E-state index in [0.29, 0.717) is 23.5 Å². The highest BCUT2D eigenvalue weighted by Crippen LogP contribution is 2.31. The maximum absolute atomic E-state index is 13.2. The van der Waals surface area contributed by atoms with Gasteiger partial charge in [-0.05, 0) is 79.7 Å². The van der Waals surface area contributed by atoms with Crippen LogP contribution in [-0.4, -0.2) is 212 Å². The lowest BCUT2D eigenvalue weighted by Gasteiger charge is -2.18. The molecule has 0 aromatic heterocycles. The number of para-hydroxylation sites is 6. The molecule has 6 aromatic carbocycles. The molecule has 6 unspecified atom stereocenters. The third kappa shape index (κ3) is 35.0. The van der Waals surface area contributed by atoms with E-state index in [2.05, 4.69) is 69.8 Å². The molecule has 7 amide bonds. The highest BCUT2D eigenvalue weighted by Gasteiger charge is 2.32. The van der Waals surface area contributed by atoms with Gasteiger partial charge in [0.25, 0.3) is 0 Å². The Hall–Kier alpha value is -12.2. The molecule has 0 spiro atoms. The number of ether oxygens (including phenoxy) is 7. The average Bonchev–Trinajstić information content (AvgIpc) is 0.832. The van der Waals surface area contributed by atoms with E-state index in [1.165, 1.54) is 156 Å². The Balaban J connectivity index is 0.000000383. The van der Waals surface area contributed by atoms with Crippen molar-refractivity contribution in [2.24, 2.45) is 5.73 Å². The molecular weight excluding hydrogens is 1690 g/mol. The Morgan fingerprint density at radius 1 is 0.355 bits per heavy atom. The molecule has 0 aliphatic carbocycles. The van der Waals surface area contributed by atoms with Crippen LogP contribution in [0.4, 0.5) is 0 Å². The summed E-state index contributed by atoms with van der Waals surface area (Å²) in [6, 6.07) is 28.8. The van der Waals surface area contributed by atoms with Crippen molar-refractivity contribution < 1.29 is 119 Å². The van der Waals surface area contributed by atoms with Crippen LogP contribution in [0.3, 0.4) is 0 Å². The third-order valence-electron chi connectivity index (χ3n) is 15.3. The van der Waals surface area contributed by atoms with Crippen molar-refractivity contribution in [2.45, 2.75) is 97.6 Å². The number of carbonyl (C=O) groups excluding carboxylic acids is 18. The number of hydrogen-bond donors (Lipinski definition) is 12. The molecule has 6 aromatic rings. The maximum Gasteiger partial charge on any atom is 0.347 e. The molecule has 0 radical (unpaired) electrons. The number of thioether (sulfide) groups is 3. The molecule has 644 valence electrons. The summed E-state index contributed by atoms with van der Waals surface area (Å²) < 4.78 is 37.3. The fourth-order valence-corrected chi connectivity index (χ4v) is 13.0. The summed E-state index contributed by atoms with van der Waals surface area (Å²) in [6.07, 6.45) is -0.350. The van der Waals surface area contributed by atoms with Crippen molar-refractivity contribution in [3.8, 4) is 34.5 Å². The minimum Gasteiger partial charge on any atom is -0.464 e. The summed E-state index contributed by atoms with van der Waals surface area (Å²) in [5.74, 6) is -11.0. The number of amidine groups is 1. The number of thiol groups is 3. The molecular formula is C80H88N10O25S6. The second-order valence-corrected chi connectivity index (χ2v) is 29.3. The van der Waals surface area contributed by atoms with E-state index in [-0.39, 0.29) is 133 Å². The number of nitrogens with zero attached hydrogens (tertiary/aromatic N) is 1. The van der Waals surface area contributed by atoms with Crippen LogP contribution in [-0.2, 0) is 62.3 Å². The molecule has 6 atom stereocenters. The van der Waals surface area contributed by atoms with Crippen molar-refractivity contribution in [1.82, 2.24) is 36.8 Å². The highest BCUT2D eigenvalue weighted by molar-refractivity contribution is 8.14. The SMILES string of the molecule is CC(=O)NC(CSC(=O)c1ccccc1OC(=O)c1ccccc1OC(=O)C(CS)NC(C)=O)C(=O)CC(=N)CC(=N)N(C)C.CC(=O)NC(CSC(=O)c1ccccc1OC(=O)c1ccccc1OC(=O)C(CS)NC(C)=O)C(N)=O.CCOC(=O)C(CSC(=O)c1ccccc1OC(=O)c1ccccc1OC(=O)C(CS)NC(C)=O)NC(C)=O. The summed E-state index contributed by atoms with van der Waals surface area (Å²) in [5.41, 5.74) is 5.00. The van der Waals surface area contributed by atoms with Crippen LogP contribution >= 0.6 is 73.2 Å². The zero-order chi connectivity index (χ0) is 90.2. The summed E-state index contributed by atoms with van der Waals surface area (Å²) in [4.78, 5) is 222. The fraction of sp³-hybridized carbons (Fsp3) is 0.300. The lowest BCUT2D eigenvalue weighted by Crippen LogP contribution is -2.45. The first kappa shape index (κ1) is 101. The summed E-state index contributed by atoms with van der Waals surface area (Å²) in [6.45, 7) is 9.10. The zero-order valence-corrected chi connectivity index (χ0v) is 71.6. The van der Waals surface area contributed by atoms with E-state index in [0.717, 1.165) is 11.8 Å². The number of nitrogens with one attached hydrogen (secondary N) is 8. The summed E-state index contributed by atoms with van der Waals surface area (Å²) in [5, 5.41) is 28.8. The molecule has 35 nitrogen and oxygen atoms in total. The van der Waals surface area contributed by atoms with Crippen LogP contribution in [0.2, 0.25) is 0 Å². The molecule has 0 aliphatic rings. The quantitative estimate of drug-likeness (QED) is 0.00713. The highest BCUT2D eigenvalue weighted by atomic mass is 32.2. The lowest BCUT2D eigenvalue weighted by atomic mass is 10.1. The Morgan fingerprint density at radius 3 is 0.876 bits per heavy atom. The van der Waals surface area contributed by atoms with E-state index >= 15 is 0 Å². The minimum atomic E-state index is -1.08. The fourth-order valence-electron chi connectivity index (χ4n) is 9.65. The molecule has 0 fully saturated rings. The van der Waals surface area contributed by atoms with Gasteiger partial charge in [0.1, 0.15) is 87.2 Å². The number of primary amides is 1. The van der Waals surface area contributed by atoms with Gasteiger partial charge in [0, 0.05) is 109 Å². The average molecular weight is 1780 g/mol. The molecule has 121 heavy (non-hydrogen) atoms. The number of esters is 7. The van der Waals surface area contributed by atoms with Crippen LogP contribution in [0.25, 0.3) is 0 Å². The Bertz CT molecular complexity index is 4860. The van der Waals surface area contributed by atoms with Crippen LogP contribution in [0.1, 0.15) is 123 Å². The summed E-state index contributed by atoms with van der Waals surface area (Å²) >= 11 is 14.3. The zero-order valence-electron chi connectivity index (χ0n) is 66.5. The number of ketones is 1. The molecule has 6 rings (SSSR count). The standard InChI is InChI=1S/C30H35N5O8S2.C26H28N2O9S2.C24H25N3O8S2/c1-17(36)33-22(15-44)29(40)43-25-11-7-5-9-20(25)28(39)42-26-12-8-6-10-21(26)30(41)45-16-23(34-18(2)37)24(38)13-19(31)14-27(32)35(3)4;1-4-35-24(32)20(28-16(3)30)14-39-26(34)18-10-6-8-12-22(18)36-23(31)17-9-5-7-11-21(17)37-25(33)19(13-38)27-15(2)29;1-13(28)26-17(11-36)23(32)35-19-9-5-3-7-15(19)22(31)34-20-10-6-4-8-16(20)24(33)37-12-18(21(25)30)27-14(2)29/h5-12,22-23,31-32,44H,13-16H2,1-4H3,(H,33,36)(H,34,37);5-12,19-20,38H,4,13-14H2,1-3H3,(H,27,29)(H,28,30);3-10,17-18,36H,11-12H2,1-2H3,(H2,25,30)(H,26,28)(H,27,29). The molecule has 0 saturated carbocycles. The van der Waals surface area contributed by atoms with Crippen LogP contribution in [0.5, 0.6) is 34.5 Å². The maximum atomic E-state index is 13.2. The molecule has 0 aliphatic heterocycles. The first-order chi connectivity index (χ1) is 57.3. The largest absolute Gasteiger partial charge is 0.464 e. The van der Waals surface area contributed by atoms with Gasteiger partial charge >= 0.3 is 41.8 Å². The van der Waals surface area contributed by atoms with Gasteiger partial charge < -0.3 is 81.1 Å². The van der Waals surface area contributed by atoms with Gasteiger partial charge in [0.15, 0.2) is 5.78 Å². The van der Waals surface area contributed by atoms with Gasteiger partial charge in [0.05, 0.1) is 29.3 Å². The number of amides is 7. The first-order valence-electron chi connectivity index (χ1n) is 35.9. The predicted octanol–water partition coefficient (Wildman–Crippen LogP) is 5.83. The van der Waals surface area contributed by atoms with Crippen molar-refractivity contribution in [3.63, 3.8) is 0 Å². The van der Waals surface area contributed by atoms with Crippen LogP contribution < -0.4 is 66.1 Å². The molecule has 10 N–H and O–H groups in total. The number of rotatable bonds is 38. The normalized spacial score (nSPS) is 11.9. The number of hydrogen-bond acceptors (Lipinski definition) is 33. The van der Waals surface area contributed by atoms with Crippen molar-refractivity contribution in [1.29, 1.82) is 10.8 Å². The van der Waals surface area contributed by atoms with E-state index < -0.39 is 141 Å². The number of nitrogens with two attached hydrogens (primary N) is 1. The van der Waals surface area contributed by atoms with E-state index in [9.17, 15) is 86.3 Å². The Kier molecular flexibility index (Phi) is 43.5. The lowest BCUT2D eigenvalue weighted by molar-refractivity contribution is -0.146. The van der Waals surface area contributed by atoms with Gasteiger partial charge in [-0.15, -0.1) is 0 Å². The minimum absolute atomic E-state index is 0.00678. The van der Waals surface area contributed by atoms with E-state index in [1.807, 2.05) is 0 Å². The smallest absolute Gasteiger partial charge is 0.347 e. The second kappa shape index (κ2) is 52.0. The van der Waals surface area contributed by atoms with Gasteiger partial charge in [-0.3, -0.25) is 58.1 Å².